The lowest BCUT2D eigenvalue weighted by molar-refractivity contribution is -0.138. The number of hydrogen-bond donors (Lipinski definition) is 0. The first-order valence-corrected chi connectivity index (χ1v) is 9.99. The number of pyridine rings is 2. The van der Waals surface area contributed by atoms with E-state index in [2.05, 4.69) is 15.0 Å². The van der Waals surface area contributed by atoms with Gasteiger partial charge in [0.15, 0.2) is 21.3 Å². The number of aryl methyl sites for hydroxylation is 1. The van der Waals surface area contributed by atoms with Crippen LogP contribution < -0.4 is 0 Å². The van der Waals surface area contributed by atoms with E-state index in [1.165, 1.54) is 11.5 Å². The molecule has 0 aromatic carbocycles. The van der Waals surface area contributed by atoms with Crippen LogP contribution in [-0.2, 0) is 23.1 Å². The largest absolute Gasteiger partial charge is 0.417 e. The number of alkyl halides is 3. The third-order valence-electron chi connectivity index (χ3n) is 4.20. The summed E-state index contributed by atoms with van der Waals surface area (Å²) in [6.45, 7) is 3.21. The van der Waals surface area contributed by atoms with Gasteiger partial charge in [-0.05, 0) is 24.6 Å². The molecule has 0 aliphatic rings. The van der Waals surface area contributed by atoms with E-state index in [-0.39, 0.29) is 17.3 Å². The van der Waals surface area contributed by atoms with E-state index in [4.69, 9.17) is 0 Å². The first kappa shape index (κ1) is 20.0. The summed E-state index contributed by atoms with van der Waals surface area (Å²) in [5, 5.41) is 0. The van der Waals surface area contributed by atoms with Gasteiger partial charge in [-0.25, -0.2) is 18.4 Å². The third-order valence-corrected chi connectivity index (χ3v) is 5.94. The second-order valence-electron chi connectivity index (χ2n) is 6.08. The molecule has 148 valence electrons. The zero-order chi connectivity index (χ0) is 20.7. The van der Waals surface area contributed by atoms with E-state index in [1.54, 1.807) is 19.3 Å². The molecule has 0 amide bonds. The number of fused-ring (bicyclic) bond motifs is 1. The van der Waals surface area contributed by atoms with Gasteiger partial charge in [0, 0.05) is 19.4 Å². The Bertz CT molecular complexity index is 1180. The van der Waals surface area contributed by atoms with E-state index in [9.17, 15) is 21.6 Å². The lowest BCUT2D eigenvalue weighted by Crippen LogP contribution is -2.13. The molecule has 0 N–H and O–H groups in total. The summed E-state index contributed by atoms with van der Waals surface area (Å²) in [4.78, 5) is 12.0. The third kappa shape index (κ3) is 3.51. The summed E-state index contributed by atoms with van der Waals surface area (Å²) in [6.07, 6.45) is 1.18. The van der Waals surface area contributed by atoms with Gasteiger partial charge in [-0.15, -0.1) is 0 Å². The zero-order valence-corrected chi connectivity index (χ0v) is 16.1. The van der Waals surface area contributed by atoms with Gasteiger partial charge in [0.2, 0.25) is 0 Å². The highest BCUT2D eigenvalue weighted by molar-refractivity contribution is 7.91. The van der Waals surface area contributed by atoms with E-state index >= 15 is 0 Å². The molecule has 3 aromatic rings. The van der Waals surface area contributed by atoms with Crippen molar-refractivity contribution in [2.24, 2.45) is 7.05 Å². The number of allylic oxidation sites excluding steroid dienone is 1. The number of rotatable bonds is 4. The number of nitrogens with zero attached hydrogens (tertiary/aromatic N) is 4. The number of sulfone groups is 1. The van der Waals surface area contributed by atoms with E-state index in [0.29, 0.717) is 23.4 Å². The first-order chi connectivity index (χ1) is 13.1. The molecule has 0 aliphatic carbocycles. The molecule has 6 nitrogen and oxygen atoms in total. The highest BCUT2D eigenvalue weighted by Gasteiger charge is 2.34. The zero-order valence-electron chi connectivity index (χ0n) is 15.3. The van der Waals surface area contributed by atoms with Gasteiger partial charge in [0.25, 0.3) is 0 Å². The number of halogens is 3. The Balaban J connectivity index is 2.30. The predicted molar refractivity (Wildman–Crippen MR) is 99.2 cm³/mol. The topological polar surface area (TPSA) is 77.7 Å². The van der Waals surface area contributed by atoms with Crippen molar-refractivity contribution >= 4 is 27.1 Å². The van der Waals surface area contributed by atoms with Crippen molar-refractivity contribution in [3.63, 3.8) is 0 Å². The molecule has 0 radical (unpaired) electrons. The van der Waals surface area contributed by atoms with Crippen molar-refractivity contribution in [3.05, 3.63) is 41.7 Å². The molecule has 10 heteroatoms. The van der Waals surface area contributed by atoms with Gasteiger partial charge in [-0.1, -0.05) is 19.1 Å². The summed E-state index contributed by atoms with van der Waals surface area (Å²) in [7, 11) is -2.37. The Morgan fingerprint density at radius 2 is 1.89 bits per heavy atom. The van der Waals surface area contributed by atoms with Gasteiger partial charge in [-0.2, -0.15) is 13.2 Å². The number of imidazole rings is 1. The van der Waals surface area contributed by atoms with Crippen LogP contribution in [0.3, 0.4) is 0 Å². The molecule has 0 spiro atoms. The Hall–Kier alpha value is -2.75. The second kappa shape index (κ2) is 7.01. The number of hydrogen-bond acceptors (Lipinski definition) is 5. The Morgan fingerprint density at radius 1 is 1.18 bits per heavy atom. The molecule has 0 fully saturated rings. The molecule has 0 unspecified atom stereocenters. The Labute approximate surface area is 159 Å². The molecule has 0 saturated heterocycles. The molecule has 0 bridgehead atoms. The molecule has 3 aromatic heterocycles. The predicted octanol–water partition coefficient (Wildman–Crippen LogP) is 3.88. The van der Waals surface area contributed by atoms with Gasteiger partial charge < -0.3 is 4.57 Å². The molecule has 28 heavy (non-hydrogen) atoms. The normalized spacial score (nSPS) is 12.9. The lowest BCUT2D eigenvalue weighted by atomic mass is 10.2. The van der Waals surface area contributed by atoms with Crippen LogP contribution in [0.25, 0.3) is 28.8 Å². The van der Waals surface area contributed by atoms with Gasteiger partial charge in [0.1, 0.15) is 11.2 Å². The van der Waals surface area contributed by atoms with Crippen LogP contribution >= 0.6 is 0 Å². The summed E-state index contributed by atoms with van der Waals surface area (Å²) in [5.74, 6) is -0.239. The van der Waals surface area contributed by atoms with Crippen molar-refractivity contribution in [2.45, 2.75) is 24.9 Å². The van der Waals surface area contributed by atoms with Gasteiger partial charge in [-0.3, -0.25) is 4.98 Å². The maximum Gasteiger partial charge on any atom is 0.417 e. The minimum absolute atomic E-state index is 0.126. The number of aromatic nitrogens is 4. The standard InChI is InChI=1S/C18H17F3N4O2S/c1-4-6-11-7-13-16(23-9-11)25(3)17(24-13)15-14(28(26,27)5-2)8-12(10-22-15)18(19,20)21/h4,6-10H,5H2,1-3H3/b6-4+. The van der Waals surface area contributed by atoms with Gasteiger partial charge in [0.05, 0.1) is 16.2 Å². The fourth-order valence-electron chi connectivity index (χ4n) is 2.75. The summed E-state index contributed by atoms with van der Waals surface area (Å²) < 4.78 is 65.7. The van der Waals surface area contributed by atoms with Crippen LogP contribution in [0.15, 0.2) is 35.5 Å². The average Bonchev–Trinajstić information content (AvgIpc) is 2.97. The highest BCUT2D eigenvalue weighted by Crippen LogP contribution is 2.34. The average molecular weight is 410 g/mol. The van der Waals surface area contributed by atoms with Gasteiger partial charge >= 0.3 is 6.18 Å². The SMILES string of the molecule is C/C=C/c1cnc2c(c1)nc(-c1ncc(C(F)(F)F)cc1S(=O)(=O)CC)n2C. The van der Waals surface area contributed by atoms with E-state index in [1.807, 2.05) is 19.1 Å². The van der Waals surface area contributed by atoms with Crippen LogP contribution in [0.2, 0.25) is 0 Å². The monoisotopic (exact) mass is 410 g/mol. The van der Waals surface area contributed by atoms with Crippen molar-refractivity contribution in [3.8, 4) is 11.5 Å². The molecular formula is C18H17F3N4O2S. The first-order valence-electron chi connectivity index (χ1n) is 8.34. The minimum atomic E-state index is -4.71. The van der Waals surface area contributed by atoms with Crippen LogP contribution in [0.5, 0.6) is 0 Å². The molecule has 0 atom stereocenters. The van der Waals surface area contributed by atoms with Crippen molar-refractivity contribution < 1.29 is 21.6 Å². The van der Waals surface area contributed by atoms with Crippen molar-refractivity contribution in [2.75, 3.05) is 5.75 Å². The molecule has 0 aliphatic heterocycles. The van der Waals surface area contributed by atoms with Crippen LogP contribution in [0.4, 0.5) is 13.2 Å². The quantitative estimate of drug-likeness (QED) is 0.652. The highest BCUT2D eigenvalue weighted by atomic mass is 32.2. The fourth-order valence-corrected chi connectivity index (χ4v) is 3.80. The smallest absolute Gasteiger partial charge is 0.310 e. The summed E-state index contributed by atoms with van der Waals surface area (Å²) >= 11 is 0. The molecular weight excluding hydrogens is 393 g/mol. The van der Waals surface area contributed by atoms with E-state index in [0.717, 1.165) is 5.56 Å². The maximum atomic E-state index is 13.1. The molecule has 3 rings (SSSR count). The maximum absolute atomic E-state index is 13.1. The lowest BCUT2D eigenvalue weighted by Gasteiger charge is -2.12. The van der Waals surface area contributed by atoms with Crippen LogP contribution in [-0.4, -0.2) is 33.7 Å². The van der Waals surface area contributed by atoms with Crippen LogP contribution in [0, 0.1) is 0 Å². The minimum Gasteiger partial charge on any atom is -0.310 e. The summed E-state index contributed by atoms with van der Waals surface area (Å²) in [6, 6.07) is 2.36. The Kier molecular flexibility index (Phi) is 5.00. The molecule has 3 heterocycles. The Morgan fingerprint density at radius 3 is 2.50 bits per heavy atom. The van der Waals surface area contributed by atoms with Crippen molar-refractivity contribution in [1.29, 1.82) is 0 Å². The van der Waals surface area contributed by atoms with Crippen molar-refractivity contribution in [1.82, 2.24) is 19.5 Å². The molecule has 0 saturated carbocycles. The van der Waals surface area contributed by atoms with Crippen LogP contribution in [0.1, 0.15) is 25.0 Å². The second-order valence-corrected chi connectivity index (χ2v) is 8.32. The fraction of sp³-hybridized carbons (Fsp3) is 0.278. The summed E-state index contributed by atoms with van der Waals surface area (Å²) in [5.41, 5.74) is 0.472. The van der Waals surface area contributed by atoms with E-state index < -0.39 is 26.5 Å².